The van der Waals surface area contributed by atoms with Gasteiger partial charge in [0.25, 0.3) is 0 Å². The van der Waals surface area contributed by atoms with E-state index in [1.807, 2.05) is 0 Å². The van der Waals surface area contributed by atoms with E-state index in [-0.39, 0.29) is 34.8 Å². The number of halogens is 1. The number of nitrogens with zero attached hydrogens (tertiary/aromatic N) is 2. The van der Waals surface area contributed by atoms with E-state index in [2.05, 4.69) is 74.8 Å². The Morgan fingerprint density at radius 1 is 0.842 bits per heavy atom. The second kappa shape index (κ2) is 5.68. The van der Waals surface area contributed by atoms with Crippen molar-refractivity contribution in [3.05, 3.63) is 23.4 Å². The summed E-state index contributed by atoms with van der Waals surface area (Å²) in [6.45, 7) is 13.4. The second-order valence-corrected chi connectivity index (χ2v) is 8.11. The van der Waals surface area contributed by atoms with Gasteiger partial charge in [0, 0.05) is 11.5 Å². The van der Waals surface area contributed by atoms with Gasteiger partial charge < -0.3 is 24.0 Å². The molecule has 3 heteroatoms. The largest absolute Gasteiger partial charge is 1.00 e. The normalized spacial score (nSPS) is 13.1. The lowest BCUT2D eigenvalue weighted by molar-refractivity contribution is -0.00000505. The molecule has 0 saturated heterocycles. The van der Waals surface area contributed by atoms with Gasteiger partial charge in [-0.15, -0.1) is 0 Å². The number of hydrogen-bond acceptors (Lipinski definition) is 1. The van der Waals surface area contributed by atoms with Crippen LogP contribution < -0.4 is 28.5 Å². The summed E-state index contributed by atoms with van der Waals surface area (Å²) in [5, 5.41) is 0. The molecule has 0 aromatic carbocycles. The number of pyridine rings is 1. The number of rotatable bonds is 1. The molecule has 1 aromatic rings. The van der Waals surface area contributed by atoms with E-state index in [1.54, 1.807) is 0 Å². The number of hydrogen-bond donors (Lipinski definition) is 0. The highest BCUT2D eigenvalue weighted by molar-refractivity contribution is 5.42. The molecule has 1 heterocycles. The maximum atomic E-state index is 4.86. The van der Waals surface area contributed by atoms with Crippen LogP contribution >= 0.6 is 0 Å². The van der Waals surface area contributed by atoms with Gasteiger partial charge in [-0.2, -0.15) is 0 Å². The molecule has 2 nitrogen and oxygen atoms in total. The van der Waals surface area contributed by atoms with Gasteiger partial charge in [0.1, 0.15) is 0 Å². The zero-order valence-corrected chi connectivity index (χ0v) is 16.1. The monoisotopic (exact) mass is 376 g/mol. The van der Waals surface area contributed by atoms with Crippen molar-refractivity contribution in [2.24, 2.45) is 0 Å². The highest BCUT2D eigenvalue weighted by atomic mass is 127. The predicted molar refractivity (Wildman–Crippen MR) is 81.2 cm³/mol. The topological polar surface area (TPSA) is 12.9 Å². The van der Waals surface area contributed by atoms with Gasteiger partial charge in [0.2, 0.25) is 5.82 Å². The number of aromatic nitrogens is 1. The molecule has 0 radical (unpaired) electrons. The van der Waals surface area contributed by atoms with E-state index < -0.39 is 0 Å². The van der Waals surface area contributed by atoms with Crippen LogP contribution in [0, 0.1) is 0 Å². The third-order valence-corrected chi connectivity index (χ3v) is 3.13. The maximum Gasteiger partial charge on any atom is 0.227 e. The van der Waals surface area contributed by atoms with Crippen LogP contribution in [-0.4, -0.2) is 26.1 Å². The van der Waals surface area contributed by atoms with Gasteiger partial charge in [-0.25, -0.2) is 4.98 Å². The third-order valence-electron chi connectivity index (χ3n) is 3.13. The van der Waals surface area contributed by atoms with Crippen LogP contribution in [0.25, 0.3) is 0 Å². The molecular weight excluding hydrogens is 347 g/mol. The van der Waals surface area contributed by atoms with Gasteiger partial charge >= 0.3 is 0 Å². The molecule has 0 bridgehead atoms. The zero-order valence-electron chi connectivity index (χ0n) is 13.9. The summed E-state index contributed by atoms with van der Waals surface area (Å²) in [5.74, 6) is 1.13. The highest BCUT2D eigenvalue weighted by Gasteiger charge is 2.25. The number of quaternary nitrogens is 1. The molecule has 0 aliphatic heterocycles. The van der Waals surface area contributed by atoms with E-state index in [9.17, 15) is 0 Å². The lowest BCUT2D eigenvalue weighted by Gasteiger charge is -2.29. The third kappa shape index (κ3) is 5.03. The minimum Gasteiger partial charge on any atom is -1.00 e. The molecule has 1 rings (SSSR count). The maximum absolute atomic E-state index is 4.86. The van der Waals surface area contributed by atoms with E-state index in [0.29, 0.717) is 0 Å². The van der Waals surface area contributed by atoms with Gasteiger partial charge in [0.05, 0.1) is 26.8 Å². The molecule has 0 N–H and O–H groups in total. The fourth-order valence-corrected chi connectivity index (χ4v) is 1.68. The van der Waals surface area contributed by atoms with E-state index in [0.717, 1.165) is 10.3 Å². The van der Waals surface area contributed by atoms with Crippen LogP contribution in [0.1, 0.15) is 52.8 Å². The van der Waals surface area contributed by atoms with Gasteiger partial charge in [-0.05, 0) is 17.0 Å². The first-order chi connectivity index (χ1) is 7.82. The van der Waals surface area contributed by atoms with Crippen LogP contribution in [0.5, 0.6) is 0 Å². The quantitative estimate of drug-likeness (QED) is 0.524. The lowest BCUT2D eigenvalue weighted by atomic mass is 9.83. The molecule has 0 aliphatic carbocycles. The summed E-state index contributed by atoms with van der Waals surface area (Å²) >= 11 is 0. The van der Waals surface area contributed by atoms with E-state index in [1.165, 1.54) is 11.3 Å². The van der Waals surface area contributed by atoms with Crippen molar-refractivity contribution in [2.45, 2.75) is 52.4 Å². The van der Waals surface area contributed by atoms with Gasteiger partial charge in [-0.3, -0.25) is 4.48 Å². The van der Waals surface area contributed by atoms with Crippen molar-refractivity contribution >= 4 is 5.82 Å². The van der Waals surface area contributed by atoms with Crippen molar-refractivity contribution in [1.82, 2.24) is 9.47 Å². The van der Waals surface area contributed by atoms with Crippen molar-refractivity contribution in [3.63, 3.8) is 0 Å². The molecule has 110 valence electrons. The zero-order chi connectivity index (χ0) is 14.4. The Hall–Kier alpha value is -0.160. The summed E-state index contributed by atoms with van der Waals surface area (Å²) in [6.07, 6.45) is 0. The highest BCUT2D eigenvalue weighted by Crippen LogP contribution is 2.31. The Morgan fingerprint density at radius 3 is 1.63 bits per heavy atom. The van der Waals surface area contributed by atoms with Crippen molar-refractivity contribution in [3.8, 4) is 0 Å². The Morgan fingerprint density at radius 2 is 1.32 bits per heavy atom. The summed E-state index contributed by atoms with van der Waals surface area (Å²) in [4.78, 5) is 4.86. The predicted octanol–water partition coefficient (Wildman–Crippen LogP) is 0.877. The van der Waals surface area contributed by atoms with Crippen LogP contribution in [0.4, 0.5) is 5.82 Å². The molecule has 0 saturated carbocycles. The fourth-order valence-electron chi connectivity index (χ4n) is 1.68. The van der Waals surface area contributed by atoms with Crippen LogP contribution in [-0.2, 0) is 10.8 Å². The summed E-state index contributed by atoms with van der Waals surface area (Å²) in [5.41, 5.74) is 2.79. The molecule has 0 unspecified atom stereocenters. The van der Waals surface area contributed by atoms with E-state index >= 15 is 0 Å². The average molecular weight is 376 g/mol. The standard InChI is InChI=1S/C16H29N2.HI/c1-15(2,3)12-10-13(16(4,5)6)17-14(11-12)18(7,8)9;/h10-11H,1-9H3;1H/q+1;/p-1. The second-order valence-electron chi connectivity index (χ2n) is 8.11. The van der Waals surface area contributed by atoms with Crippen LogP contribution in [0.3, 0.4) is 0 Å². The van der Waals surface area contributed by atoms with E-state index in [4.69, 9.17) is 4.98 Å². The van der Waals surface area contributed by atoms with Crippen molar-refractivity contribution in [1.29, 1.82) is 0 Å². The Labute approximate surface area is 136 Å². The molecule has 0 atom stereocenters. The fraction of sp³-hybridized carbons (Fsp3) is 0.688. The first-order valence-electron chi connectivity index (χ1n) is 6.67. The minimum atomic E-state index is 0. The molecular formula is C16H29IN2. The lowest BCUT2D eigenvalue weighted by Crippen LogP contribution is -3.00. The van der Waals surface area contributed by atoms with Gasteiger partial charge in [-0.1, -0.05) is 41.5 Å². The molecule has 0 amide bonds. The summed E-state index contributed by atoms with van der Waals surface area (Å²) < 4.78 is 0.757. The molecule has 1 aromatic heterocycles. The minimum absolute atomic E-state index is 0. The molecule has 0 fully saturated rings. The van der Waals surface area contributed by atoms with Crippen molar-refractivity contribution in [2.75, 3.05) is 21.1 Å². The Balaban J connectivity index is 0.00000324. The van der Waals surface area contributed by atoms with Crippen LogP contribution in [0.2, 0.25) is 0 Å². The van der Waals surface area contributed by atoms with Gasteiger partial charge in [0.15, 0.2) is 0 Å². The first-order valence-corrected chi connectivity index (χ1v) is 6.67. The SMILES string of the molecule is CC(C)(C)c1cc(C(C)(C)C)nc([N+](C)(C)C)c1.[I-]. The average Bonchev–Trinajstić information content (AvgIpc) is 2.13. The van der Waals surface area contributed by atoms with Crippen molar-refractivity contribution < 1.29 is 24.0 Å². The first kappa shape index (κ1) is 18.8. The molecule has 19 heavy (non-hydrogen) atoms. The van der Waals surface area contributed by atoms with Crippen LogP contribution in [0.15, 0.2) is 12.1 Å². The smallest absolute Gasteiger partial charge is 0.227 e. The Bertz CT molecular complexity index is 353. The summed E-state index contributed by atoms with van der Waals surface area (Å²) in [6, 6.07) is 4.51. The molecule has 0 spiro atoms. The molecule has 0 aliphatic rings. The Kier molecular flexibility index (Phi) is 5.63. The summed E-state index contributed by atoms with van der Waals surface area (Å²) in [7, 11) is 6.50.